The number of carbonyl (C=O) groups excluding carboxylic acids is 2. The van der Waals surface area contributed by atoms with Gasteiger partial charge in [0, 0.05) is 77.6 Å². The molecular formula is C50H56BBrN6O8S2. The topological polar surface area (TPSA) is 185 Å². The van der Waals surface area contributed by atoms with E-state index in [9.17, 15) is 18.0 Å². The Kier molecular flexibility index (Phi) is 17.5. The van der Waals surface area contributed by atoms with Gasteiger partial charge in [-0.1, -0.05) is 58.4 Å². The molecule has 2 atom stereocenters. The molecule has 2 N–H and O–H groups in total. The number of hydrogen-bond acceptors (Lipinski definition) is 12. The number of carbonyl (C=O) groups is 2. The number of hydrogen-bond donors (Lipinski definition) is 2. The van der Waals surface area contributed by atoms with Crippen molar-refractivity contribution in [3.63, 3.8) is 0 Å². The Morgan fingerprint density at radius 2 is 1.09 bits per heavy atom. The van der Waals surface area contributed by atoms with Crippen molar-refractivity contribution in [1.82, 2.24) is 28.5 Å². The summed E-state index contributed by atoms with van der Waals surface area (Å²) < 4.78 is 40.4. The summed E-state index contributed by atoms with van der Waals surface area (Å²) in [4.78, 5) is 42.0. The van der Waals surface area contributed by atoms with Gasteiger partial charge in [0.2, 0.25) is 0 Å². The summed E-state index contributed by atoms with van der Waals surface area (Å²) in [7, 11) is -3.73. The third-order valence-corrected chi connectivity index (χ3v) is 14.5. The van der Waals surface area contributed by atoms with E-state index in [0.717, 1.165) is 60.4 Å². The van der Waals surface area contributed by atoms with Gasteiger partial charge in [-0.25, -0.2) is 36.6 Å². The number of esters is 2. The van der Waals surface area contributed by atoms with E-state index in [1.165, 1.54) is 6.20 Å². The largest absolute Gasteiger partial charge is 0.490 e. The first-order valence-corrected chi connectivity index (χ1v) is 25.1. The Labute approximate surface area is 412 Å². The molecule has 2 aliphatic heterocycles. The number of fused-ring (bicyclic) bond motifs is 2. The van der Waals surface area contributed by atoms with Gasteiger partial charge >= 0.3 is 19.1 Å². The summed E-state index contributed by atoms with van der Waals surface area (Å²) in [6, 6.07) is 26.6. The van der Waals surface area contributed by atoms with E-state index >= 15 is 0 Å². The van der Waals surface area contributed by atoms with Crippen molar-refractivity contribution >= 4 is 62.4 Å². The molecule has 0 amide bonds. The third kappa shape index (κ3) is 13.0. The molecule has 0 aliphatic carbocycles. The fourth-order valence-corrected chi connectivity index (χ4v) is 10.3. The lowest BCUT2D eigenvalue weighted by molar-refractivity contribution is 0.0510. The van der Waals surface area contributed by atoms with Gasteiger partial charge in [0.1, 0.15) is 33.4 Å². The highest BCUT2D eigenvalue weighted by Gasteiger charge is 2.35. The molecule has 2 aromatic carbocycles. The Balaban J connectivity index is 0.000000191. The molecule has 0 bridgehead atoms. The molecule has 14 nitrogen and oxygen atoms in total. The van der Waals surface area contributed by atoms with E-state index in [1.54, 1.807) is 50.5 Å². The number of pyridine rings is 4. The highest BCUT2D eigenvalue weighted by atomic mass is 79.9. The second-order valence-electron chi connectivity index (χ2n) is 17.7. The van der Waals surface area contributed by atoms with Gasteiger partial charge in [0.25, 0.3) is 0 Å². The maximum atomic E-state index is 13.1. The zero-order chi connectivity index (χ0) is 49.3. The number of rotatable bonds is 10. The summed E-state index contributed by atoms with van der Waals surface area (Å²) >= 11 is 3.50. The molecule has 6 aromatic rings. The van der Waals surface area contributed by atoms with Crippen molar-refractivity contribution in [2.45, 2.75) is 91.1 Å². The first kappa shape index (κ1) is 52.0. The highest BCUT2D eigenvalue weighted by molar-refractivity contribution is 9.10. The first-order chi connectivity index (χ1) is 32.3. The van der Waals surface area contributed by atoms with Gasteiger partial charge in [-0.15, -0.1) is 0 Å². The Bertz CT molecular complexity index is 2790. The highest BCUT2D eigenvalue weighted by Crippen LogP contribution is 2.37. The summed E-state index contributed by atoms with van der Waals surface area (Å²) in [5.41, 5.74) is 10.2. The average Bonchev–Trinajstić information content (AvgIpc) is 3.96. The Morgan fingerprint density at radius 1 is 0.632 bits per heavy atom. The van der Waals surface area contributed by atoms with Gasteiger partial charge in [-0.3, -0.25) is 9.97 Å². The monoisotopic (exact) mass is 1020 g/mol. The van der Waals surface area contributed by atoms with Crippen LogP contribution in [0.15, 0.2) is 114 Å². The van der Waals surface area contributed by atoms with Crippen LogP contribution in [0.2, 0.25) is 0 Å². The number of nitrogens with zero attached hydrogens (tertiary/aromatic N) is 6. The fourth-order valence-electron chi connectivity index (χ4n) is 7.38. The second-order valence-corrected chi connectivity index (χ2v) is 23.1. The SMILES string of the molecule is CCOC(=O)c1cc2c(c(-c3cccc(-c4cccnc4)c3)n1)CN([S@](=O)C(C)(C)C)C2.CCOC(=O)c1cc2c(c(-c3cccc(Br)c3)n1)CN([S@](=O)C(C)(C)C)C2.OB(O)c1cccnc1. The van der Waals surface area contributed by atoms with Crippen molar-refractivity contribution in [3.05, 3.63) is 148 Å². The van der Waals surface area contributed by atoms with Gasteiger partial charge in [0.15, 0.2) is 0 Å². The van der Waals surface area contributed by atoms with E-state index in [0.29, 0.717) is 38.2 Å². The maximum absolute atomic E-state index is 13.1. The van der Waals surface area contributed by atoms with Gasteiger partial charge in [-0.2, -0.15) is 0 Å². The van der Waals surface area contributed by atoms with Crippen molar-refractivity contribution in [2.24, 2.45) is 0 Å². The average molecular weight is 1020 g/mol. The minimum atomic E-state index is -1.40. The summed E-state index contributed by atoms with van der Waals surface area (Å²) in [5.74, 6) is -0.887. The van der Waals surface area contributed by atoms with Crippen LogP contribution in [-0.2, 0) is 57.6 Å². The molecule has 68 heavy (non-hydrogen) atoms. The van der Waals surface area contributed by atoms with Gasteiger partial charge < -0.3 is 19.5 Å². The smallest absolute Gasteiger partial charge is 0.461 e. The number of aromatic nitrogens is 4. The molecule has 0 radical (unpaired) electrons. The van der Waals surface area contributed by atoms with Gasteiger partial charge in [-0.05, 0) is 126 Å². The second kappa shape index (κ2) is 22.8. The lowest BCUT2D eigenvalue weighted by Crippen LogP contribution is -2.34. The fraction of sp³-hybridized carbons (Fsp3) is 0.320. The predicted octanol–water partition coefficient (Wildman–Crippen LogP) is 7.99. The molecule has 356 valence electrons. The molecular weight excluding hydrogens is 967 g/mol. The lowest BCUT2D eigenvalue weighted by atomic mass is 9.82. The van der Waals surface area contributed by atoms with Crippen molar-refractivity contribution in [2.75, 3.05) is 13.2 Å². The van der Waals surface area contributed by atoms with Crippen LogP contribution in [0.1, 0.15) is 98.6 Å². The standard InChI is InChI=1S/C25H27N3O3S.C20H23BrN2O3S.C5H6BNO2/c1-5-31-24(29)22-13-20-15-28(32(30)25(2,3)4)16-21(20)23(27-22)18-9-6-8-17(12-18)19-10-7-11-26-14-19;1-5-26-19(24)17-10-14-11-23(27(25)20(2,3)4)12-16(14)18(22-17)13-7-6-8-15(21)9-13;8-6(9)5-2-1-3-7-4-5/h6-14H,5,15-16H2,1-4H3;6-10H,5,11-12H2,1-4H3;1-4,8-9H/t32-;27-;/m11./s1. The Morgan fingerprint density at radius 3 is 1.50 bits per heavy atom. The lowest BCUT2D eigenvalue weighted by Gasteiger charge is -2.24. The normalized spacial score (nSPS) is 14.3. The predicted molar refractivity (Wildman–Crippen MR) is 271 cm³/mol. The molecule has 4 aromatic heterocycles. The Hall–Kier alpha value is -5.34. The van der Waals surface area contributed by atoms with Crippen LogP contribution in [0, 0.1) is 0 Å². The van der Waals surface area contributed by atoms with Crippen LogP contribution in [0.25, 0.3) is 33.6 Å². The van der Waals surface area contributed by atoms with Crippen molar-refractivity contribution in [1.29, 1.82) is 0 Å². The quantitative estimate of drug-likeness (QED) is 0.0998. The van der Waals surface area contributed by atoms with Crippen molar-refractivity contribution in [3.8, 4) is 33.6 Å². The molecule has 0 fully saturated rings. The molecule has 2 aliphatic rings. The van der Waals surface area contributed by atoms with Crippen molar-refractivity contribution < 1.29 is 37.5 Å². The zero-order valence-corrected chi connectivity index (χ0v) is 42.7. The van der Waals surface area contributed by atoms with E-state index < -0.39 is 41.0 Å². The molecule has 18 heteroatoms. The van der Waals surface area contributed by atoms with Crippen LogP contribution in [0.4, 0.5) is 0 Å². The van der Waals surface area contributed by atoms with Gasteiger partial charge in [0.05, 0.1) is 34.1 Å². The van der Waals surface area contributed by atoms with Crippen LogP contribution >= 0.6 is 15.9 Å². The first-order valence-electron chi connectivity index (χ1n) is 22.1. The summed E-state index contributed by atoms with van der Waals surface area (Å²) in [6.45, 7) is 18.0. The molecule has 0 spiro atoms. The van der Waals surface area contributed by atoms with Crippen LogP contribution in [0.3, 0.4) is 0 Å². The molecule has 8 rings (SSSR count). The molecule has 0 saturated carbocycles. The summed E-state index contributed by atoms with van der Waals surface area (Å²) in [5, 5.41) is 17.1. The minimum Gasteiger partial charge on any atom is -0.461 e. The van der Waals surface area contributed by atoms with Crippen LogP contribution in [0.5, 0.6) is 0 Å². The minimum absolute atomic E-state index is 0.274. The van der Waals surface area contributed by atoms with E-state index in [1.807, 2.05) is 111 Å². The third-order valence-electron chi connectivity index (χ3n) is 10.5. The number of ether oxygens (including phenoxy) is 2. The number of benzene rings is 2. The maximum Gasteiger partial charge on any atom is 0.490 e. The number of halogens is 1. The summed E-state index contributed by atoms with van der Waals surface area (Å²) in [6.07, 6.45) is 6.55. The van der Waals surface area contributed by atoms with E-state index in [-0.39, 0.29) is 27.5 Å². The molecule has 0 unspecified atom stereocenters. The van der Waals surface area contributed by atoms with E-state index in [2.05, 4.69) is 36.9 Å². The molecule has 6 heterocycles. The van der Waals surface area contributed by atoms with E-state index in [4.69, 9.17) is 24.5 Å². The zero-order valence-electron chi connectivity index (χ0n) is 39.4. The molecule has 0 saturated heterocycles. The van der Waals surface area contributed by atoms with Crippen LogP contribution in [-0.4, -0.2) is 88.8 Å². The van der Waals surface area contributed by atoms with Crippen LogP contribution < -0.4 is 5.46 Å².